The third-order valence-electron chi connectivity index (χ3n) is 27.2. The Labute approximate surface area is 516 Å². The zero-order valence-corrected chi connectivity index (χ0v) is 55.3. The maximum Gasteiger partial charge on any atom is 1.00 e. The number of aliphatic hydroxyl groups excluding tert-OH is 2. The predicted molar refractivity (Wildman–Crippen MR) is 297 cm³/mol. The number of oxime groups is 1. The van der Waals surface area contributed by atoms with Gasteiger partial charge in [0.15, 0.2) is 0 Å². The quantitative estimate of drug-likeness (QED) is 0.0447. The second-order valence-electron chi connectivity index (χ2n) is 29.2. The molecule has 0 saturated heterocycles. The number of aliphatic hydroxyl groups is 2. The molecule has 0 amide bonds. The van der Waals surface area contributed by atoms with Gasteiger partial charge in [-0.2, -0.15) is 0 Å². The normalized spacial score (nSPS) is 48.5. The zero-order chi connectivity index (χ0) is 56.5. The number of carbonyl (C=O) groups excluding carboxylic acids is 4. The molecule has 13 heteroatoms. The summed E-state index contributed by atoms with van der Waals surface area (Å²) in [7, 11) is 1.00. The second-order valence-corrected chi connectivity index (χ2v) is 29.2. The molecule has 0 aromatic heterocycles. The van der Waals surface area contributed by atoms with Crippen LogP contribution in [0.5, 0.6) is 0 Å². The van der Waals surface area contributed by atoms with E-state index in [4.69, 9.17) is 19.9 Å². The van der Waals surface area contributed by atoms with Crippen LogP contribution < -0.4 is 64.4 Å². The number of ether oxygens (including phenoxy) is 1. The number of hydrogen-bond donors (Lipinski definition) is 3. The Morgan fingerprint density at radius 1 is 0.615 bits per heavy atom. The van der Waals surface area contributed by atoms with E-state index in [-0.39, 0.29) is 128 Å². The van der Waals surface area contributed by atoms with E-state index in [1.54, 1.807) is 0 Å². The number of hydrogen-bond acceptors (Lipinski definition) is 11. The summed E-state index contributed by atoms with van der Waals surface area (Å²) in [5.41, 5.74) is 5.13. The molecule has 3 N–H and O–H groups in total. The van der Waals surface area contributed by atoms with Gasteiger partial charge in [0.1, 0.15) is 19.2 Å². The Morgan fingerprint density at radius 3 is 1.38 bits per heavy atom. The minimum Gasteiger partial charge on any atom is -1.00 e. The van der Waals surface area contributed by atoms with E-state index in [1.165, 1.54) is 87.6 Å². The van der Waals surface area contributed by atoms with Crippen LogP contribution in [0.25, 0.3) is 0 Å². The maximum atomic E-state index is 12.6. The van der Waals surface area contributed by atoms with Crippen LogP contribution in [0.1, 0.15) is 206 Å². The van der Waals surface area contributed by atoms with E-state index >= 15 is 0 Å². The van der Waals surface area contributed by atoms with Gasteiger partial charge in [-0.05, 0) is 234 Å². The average Bonchev–Trinajstić information content (AvgIpc) is 3.99. The number of allylic oxidation sites excluding steroid dienone is 2. The van der Waals surface area contributed by atoms with Crippen molar-refractivity contribution < 1.29 is 110 Å². The van der Waals surface area contributed by atoms with E-state index in [2.05, 4.69) is 99.0 Å². The smallest absolute Gasteiger partial charge is 1.00 e. The van der Waals surface area contributed by atoms with Crippen LogP contribution in [-0.2, 0) is 28.8 Å². The molecule has 10 aliphatic rings. The molecule has 20 atom stereocenters. The van der Waals surface area contributed by atoms with E-state index in [0.717, 1.165) is 89.9 Å². The molecule has 10 saturated carbocycles. The van der Waals surface area contributed by atoms with Gasteiger partial charge in [-0.3, -0.25) is 9.59 Å². The zero-order valence-electron chi connectivity index (χ0n) is 52.3. The molecule has 0 unspecified atom stereocenters. The Hall–Kier alpha value is -1.15. The van der Waals surface area contributed by atoms with Crippen LogP contribution in [0, 0.1) is 113 Å². The average molecular weight is 1100 g/mol. The molecule has 10 aliphatic carbocycles. The monoisotopic (exact) mass is 1100 g/mol. The molecule has 0 spiro atoms. The number of fused-ring (bicyclic) bond motifs is 14. The first-order valence-electron chi connectivity index (χ1n) is 29.7. The van der Waals surface area contributed by atoms with E-state index in [0.29, 0.717) is 65.8 Å². The second kappa shape index (κ2) is 24.4. The Morgan fingerprint density at radius 2 is 1.03 bits per heavy atom. The van der Waals surface area contributed by atoms with Crippen molar-refractivity contribution in [3.8, 4) is 0 Å². The predicted octanol–water partition coefficient (Wildman–Crippen LogP) is 6.75. The van der Waals surface area contributed by atoms with Crippen molar-refractivity contribution in [3.63, 3.8) is 0 Å². The van der Waals surface area contributed by atoms with Crippen molar-refractivity contribution in [3.05, 3.63) is 36.5 Å². The van der Waals surface area contributed by atoms with Gasteiger partial charge in [0, 0.05) is 35.7 Å². The summed E-state index contributed by atoms with van der Waals surface area (Å²) < 4.78 is 5.68. The van der Waals surface area contributed by atoms with Crippen molar-refractivity contribution in [1.29, 1.82) is 0 Å². The van der Waals surface area contributed by atoms with Crippen LogP contribution in [0.3, 0.4) is 0 Å². The molecule has 10 rings (SSSR count). The fraction of sp³-hybridized carbons (Fsp3) is 0.831. The fourth-order valence-corrected chi connectivity index (χ4v) is 23.0. The maximum absolute atomic E-state index is 12.6. The first-order chi connectivity index (χ1) is 35.7. The van der Waals surface area contributed by atoms with Gasteiger partial charge in [-0.15, -0.1) is 0 Å². The number of carbonyl (C=O) groups is 4. The molecular weight excluding hydrogens is 1000 g/mol. The van der Waals surface area contributed by atoms with Gasteiger partial charge in [0.05, 0.1) is 12.3 Å². The van der Waals surface area contributed by atoms with Crippen molar-refractivity contribution in [1.82, 2.24) is 0 Å². The molecule has 0 aromatic rings. The molecule has 0 aliphatic heterocycles. The molecule has 0 aromatic carbocycles. The first kappa shape index (κ1) is 67.6. The van der Waals surface area contributed by atoms with Gasteiger partial charge in [0.25, 0.3) is 6.47 Å². The number of aldehydes is 2. The topological polar surface area (TPSA) is 183 Å². The molecule has 0 bridgehead atoms. The minimum atomic E-state index is -0.434. The van der Waals surface area contributed by atoms with Crippen LogP contribution in [0.15, 0.2) is 41.6 Å². The van der Waals surface area contributed by atoms with Crippen LogP contribution in [0.4, 0.5) is 0 Å². The number of rotatable bonds is 8. The fourth-order valence-electron chi connectivity index (χ4n) is 23.0. The van der Waals surface area contributed by atoms with Crippen LogP contribution in [0.2, 0.25) is 0 Å². The van der Waals surface area contributed by atoms with E-state index in [1.807, 2.05) is 0 Å². The Balaban J connectivity index is 0.000000300. The summed E-state index contributed by atoms with van der Waals surface area (Å²) >= 11 is 0. The van der Waals surface area contributed by atoms with E-state index < -0.39 is 5.41 Å². The van der Waals surface area contributed by atoms with Gasteiger partial charge in [-0.25, -0.2) is 0 Å². The summed E-state index contributed by atoms with van der Waals surface area (Å²) in [6.07, 6.45) is 25.2. The van der Waals surface area contributed by atoms with E-state index in [9.17, 15) is 24.7 Å². The van der Waals surface area contributed by atoms with Gasteiger partial charge in [-0.1, -0.05) is 97.0 Å². The van der Waals surface area contributed by atoms with Crippen molar-refractivity contribution in [2.75, 3.05) is 20.3 Å². The number of esters is 1. The minimum absolute atomic E-state index is 0. The molecule has 10 fully saturated rings. The van der Waals surface area contributed by atoms with Gasteiger partial charge in [0.2, 0.25) is 0 Å². The first-order valence-corrected chi connectivity index (χ1v) is 29.7. The van der Waals surface area contributed by atoms with Crippen LogP contribution >= 0.6 is 0 Å². The molecular formula is C65H103NNa2O10. The standard InChI is InChI=1S/C33H50O3.C30H47NO3.CH2O3.CH4O.2Na.H/c1-21(2)24-12-16-33(19-34)18-17-31(7)25(28(24)33)9-10-27-29(5)14-11-22(3)30(6,20-36-23(4)35)26(29)13-15-32(27,31)8;1-19(2)20-9-14-30(18-33)16-15-28(5)21(25(20)30)7-8-23-26(3)12-11-24(31-34)27(4,17-32)22(26)10-13-29(23,28)6;2-1-4-3;1-2;;;/h19,24-28H,1,3,9-18,20H2,2,4-8H3;18,20-23,25,32,34H,1,7-17H2,2-6H3;1,3H;2H,1H3;;;/q;;;;2*+1;-1/p-1/b;31-24-;;;;;/t24-,25+,26+,27+,28+,29-,30-,31+,32+,33+;20-,21+,22+,23+,25+,26-,27+,28+,29+,30+;;;;;/m00...../s1. The molecule has 0 radical (unpaired) electrons. The molecule has 78 heavy (non-hydrogen) atoms. The summed E-state index contributed by atoms with van der Waals surface area (Å²) in [6.45, 7) is 39.5. The molecule has 430 valence electrons. The Bertz CT molecular complexity index is 2300. The summed E-state index contributed by atoms with van der Waals surface area (Å²) in [5, 5.41) is 39.4. The summed E-state index contributed by atoms with van der Waals surface area (Å²) in [5.74, 6) is 4.99. The van der Waals surface area contributed by atoms with Crippen molar-refractivity contribution in [2.45, 2.75) is 205 Å². The molecule has 11 nitrogen and oxygen atoms in total. The van der Waals surface area contributed by atoms with Gasteiger partial charge < -0.3 is 41.3 Å². The summed E-state index contributed by atoms with van der Waals surface area (Å²) in [4.78, 5) is 48.3. The van der Waals surface area contributed by atoms with Crippen molar-refractivity contribution >= 4 is 30.7 Å². The third kappa shape index (κ3) is 9.92. The summed E-state index contributed by atoms with van der Waals surface area (Å²) in [6, 6.07) is 0. The van der Waals surface area contributed by atoms with Crippen molar-refractivity contribution in [2.24, 2.45) is 118 Å². The third-order valence-corrected chi connectivity index (χ3v) is 27.2. The molecule has 0 heterocycles. The van der Waals surface area contributed by atoms with Crippen LogP contribution in [-0.4, -0.2) is 66.5 Å². The Kier molecular flexibility index (Phi) is 21.2. The number of nitrogens with zero attached hydrogens (tertiary/aromatic N) is 1. The SMILES string of the molecule is C=C(C)[C@@H]1CC[C@]2(C=O)CC[C@]3(C)[C@H](CC[C@@H]4[C@@]5(C)CC/C(=N/O)[C@](C)(CO)[C@@H]5CC[C@]43C)[C@@H]12.C=C(C)[C@@H]1CC[C@]2(C=O)CC[C@]3(C)[C@H](CC[C@@H]4[C@@]5(C)CCC(=C)[C@](C)(COC(C)=O)[C@@H]5CC[C@]43C)[C@@H]12.CO.O=CO[O-].[H-].[Na+].[Na+]. The largest absolute Gasteiger partial charge is 1.00 e. The van der Waals surface area contributed by atoms with Gasteiger partial charge >= 0.3 is 65.1 Å².